The van der Waals surface area contributed by atoms with Gasteiger partial charge in [-0.15, -0.1) is 0 Å². The van der Waals surface area contributed by atoms with E-state index in [-0.39, 0.29) is 0 Å². The van der Waals surface area contributed by atoms with Crippen LogP contribution in [0.5, 0.6) is 0 Å². The van der Waals surface area contributed by atoms with Gasteiger partial charge in [-0.2, -0.15) is 13.2 Å². The highest BCUT2D eigenvalue weighted by Crippen LogP contribution is 2.36. The van der Waals surface area contributed by atoms with E-state index < -0.39 is 17.9 Å². The van der Waals surface area contributed by atoms with E-state index in [1.807, 2.05) is 68.7 Å². The van der Waals surface area contributed by atoms with E-state index in [9.17, 15) is 13.2 Å². The molecule has 0 radical (unpaired) electrons. The average molecular weight is 453 g/mol. The van der Waals surface area contributed by atoms with Crippen LogP contribution in [0.25, 0.3) is 11.1 Å². The Labute approximate surface area is 192 Å². The lowest BCUT2D eigenvalue weighted by Gasteiger charge is -2.27. The fourth-order valence-corrected chi connectivity index (χ4v) is 3.85. The summed E-state index contributed by atoms with van der Waals surface area (Å²) in [4.78, 5) is 6.93. The second-order valence-corrected chi connectivity index (χ2v) is 8.36. The summed E-state index contributed by atoms with van der Waals surface area (Å²) < 4.78 is 40.1. The molecule has 2 N–H and O–H groups in total. The predicted octanol–water partition coefficient (Wildman–Crippen LogP) is 5.78. The van der Waals surface area contributed by atoms with Gasteiger partial charge >= 0.3 is 6.18 Å². The van der Waals surface area contributed by atoms with Crippen molar-refractivity contribution in [2.75, 3.05) is 32.5 Å². The van der Waals surface area contributed by atoms with Gasteiger partial charge in [-0.25, -0.2) is 4.99 Å². The smallest absolute Gasteiger partial charge is 0.340 e. The molecule has 172 valence electrons. The highest BCUT2D eigenvalue weighted by Gasteiger charge is 2.32. The third kappa shape index (κ3) is 5.61. The summed E-state index contributed by atoms with van der Waals surface area (Å²) in [5.41, 5.74) is 3.34. The van der Waals surface area contributed by atoms with Gasteiger partial charge in [0.1, 0.15) is 12.0 Å². The molecule has 1 aliphatic heterocycles. The van der Waals surface area contributed by atoms with Crippen molar-refractivity contribution in [3.05, 3.63) is 89.5 Å². The third-order valence-corrected chi connectivity index (χ3v) is 5.55. The minimum absolute atomic E-state index is 0.421. The van der Waals surface area contributed by atoms with E-state index in [0.717, 1.165) is 35.7 Å². The van der Waals surface area contributed by atoms with Gasteiger partial charge in [0.15, 0.2) is 0 Å². The molecule has 1 aliphatic rings. The van der Waals surface area contributed by atoms with Crippen LogP contribution in [0.15, 0.2) is 77.8 Å². The van der Waals surface area contributed by atoms with Crippen LogP contribution in [0.1, 0.15) is 29.3 Å². The number of benzene rings is 3. The highest BCUT2D eigenvalue weighted by atomic mass is 19.4. The molecule has 1 heterocycles. The van der Waals surface area contributed by atoms with Crippen molar-refractivity contribution in [3.8, 4) is 11.1 Å². The van der Waals surface area contributed by atoms with E-state index in [0.29, 0.717) is 23.6 Å². The number of aliphatic imine (C=N–C) groups is 1. The third-order valence-electron chi connectivity index (χ3n) is 5.55. The van der Waals surface area contributed by atoms with Crippen molar-refractivity contribution in [2.45, 2.75) is 18.8 Å². The number of fused-ring (bicyclic) bond motifs is 1. The van der Waals surface area contributed by atoms with Crippen LogP contribution >= 0.6 is 0 Å². The molecule has 1 atom stereocenters. The number of anilines is 1. The minimum atomic E-state index is -4.41. The van der Waals surface area contributed by atoms with E-state index in [4.69, 9.17) is 4.99 Å². The summed E-state index contributed by atoms with van der Waals surface area (Å²) in [6.45, 7) is 1.61. The Balaban J connectivity index is 1.67. The second-order valence-electron chi connectivity index (χ2n) is 8.36. The zero-order valence-corrected chi connectivity index (χ0v) is 18.7. The molecule has 0 saturated carbocycles. The van der Waals surface area contributed by atoms with Gasteiger partial charge in [0, 0.05) is 16.8 Å². The Bertz CT molecular complexity index is 1120. The number of nitrogens with zero attached hydrogens (tertiary/aromatic N) is 2. The molecule has 0 fully saturated rings. The van der Waals surface area contributed by atoms with Crippen LogP contribution in [0, 0.1) is 0 Å². The molecule has 0 spiro atoms. The summed E-state index contributed by atoms with van der Waals surface area (Å²) in [6.07, 6.45) is -3.93. The van der Waals surface area contributed by atoms with Crippen LogP contribution in [0.3, 0.4) is 0 Å². The number of amidine groups is 1. The lowest BCUT2D eigenvalue weighted by Crippen LogP contribution is -2.31. The van der Waals surface area contributed by atoms with Gasteiger partial charge in [0.2, 0.25) is 0 Å². The molecular weight excluding hydrogens is 425 g/mol. The van der Waals surface area contributed by atoms with Crippen LogP contribution in [0.4, 0.5) is 18.9 Å². The maximum absolute atomic E-state index is 13.4. The van der Waals surface area contributed by atoms with E-state index in [1.54, 1.807) is 0 Å². The Kier molecular flexibility index (Phi) is 6.81. The lowest BCUT2D eigenvalue weighted by atomic mass is 10.0. The minimum Gasteiger partial charge on any atom is -0.340 e. The highest BCUT2D eigenvalue weighted by molar-refractivity contribution is 6.10. The maximum Gasteiger partial charge on any atom is 0.416 e. The molecule has 7 heteroatoms. The molecule has 4 nitrogen and oxygen atoms in total. The Hall–Kier alpha value is -3.16. The van der Waals surface area contributed by atoms with E-state index in [1.165, 1.54) is 12.1 Å². The summed E-state index contributed by atoms with van der Waals surface area (Å²) in [5, 5.41) is 6.55. The monoisotopic (exact) mass is 452 g/mol. The van der Waals surface area contributed by atoms with Crippen molar-refractivity contribution in [2.24, 2.45) is 4.99 Å². The first kappa shape index (κ1) is 23.0. The number of halogens is 3. The topological polar surface area (TPSA) is 39.7 Å². The van der Waals surface area contributed by atoms with E-state index >= 15 is 0 Å². The predicted molar refractivity (Wildman–Crippen MR) is 127 cm³/mol. The van der Waals surface area contributed by atoms with Gasteiger partial charge in [0.25, 0.3) is 0 Å². The zero-order chi connectivity index (χ0) is 23.4. The maximum atomic E-state index is 13.4. The molecule has 3 aromatic carbocycles. The molecule has 33 heavy (non-hydrogen) atoms. The number of alkyl halides is 3. The molecule has 0 amide bonds. The van der Waals surface area contributed by atoms with Gasteiger partial charge < -0.3 is 10.2 Å². The normalized spacial score (nSPS) is 15.7. The average Bonchev–Trinajstić information content (AvgIpc) is 2.81. The van der Waals surface area contributed by atoms with Crippen molar-refractivity contribution in [3.63, 3.8) is 0 Å². The van der Waals surface area contributed by atoms with Crippen LogP contribution in [0.2, 0.25) is 0 Å². The van der Waals surface area contributed by atoms with Gasteiger partial charge in [-0.1, -0.05) is 54.6 Å². The second kappa shape index (κ2) is 9.77. The van der Waals surface area contributed by atoms with Crippen LogP contribution < -0.4 is 10.6 Å². The first-order valence-corrected chi connectivity index (χ1v) is 10.9. The molecular formula is C26H27F3N4. The fourth-order valence-electron chi connectivity index (χ4n) is 3.85. The molecule has 0 aliphatic carbocycles. The van der Waals surface area contributed by atoms with E-state index in [2.05, 4.69) is 15.5 Å². The van der Waals surface area contributed by atoms with Gasteiger partial charge in [0.05, 0.1) is 5.56 Å². The van der Waals surface area contributed by atoms with Crippen molar-refractivity contribution >= 4 is 11.5 Å². The molecule has 0 bridgehead atoms. The SMILES string of the molecule is CN(C)CCCNC1N=C(c2cccc(-c3ccccc3)c2)Nc2cc(C(F)(F)F)ccc21. The van der Waals surface area contributed by atoms with Crippen LogP contribution in [-0.4, -0.2) is 37.9 Å². The van der Waals surface area contributed by atoms with Crippen molar-refractivity contribution in [1.29, 1.82) is 0 Å². The number of nitrogens with one attached hydrogen (secondary N) is 2. The molecule has 0 saturated heterocycles. The zero-order valence-electron chi connectivity index (χ0n) is 18.7. The molecule has 3 aromatic rings. The Morgan fingerprint density at radius 3 is 2.36 bits per heavy atom. The van der Waals surface area contributed by atoms with Gasteiger partial charge in [-0.3, -0.25) is 5.32 Å². The summed E-state index contributed by atoms with van der Waals surface area (Å²) >= 11 is 0. The first-order valence-electron chi connectivity index (χ1n) is 10.9. The first-order chi connectivity index (χ1) is 15.8. The Morgan fingerprint density at radius 2 is 1.64 bits per heavy atom. The summed E-state index contributed by atoms with van der Waals surface area (Å²) in [7, 11) is 4.02. The van der Waals surface area contributed by atoms with Crippen molar-refractivity contribution < 1.29 is 13.2 Å². The lowest BCUT2D eigenvalue weighted by molar-refractivity contribution is -0.137. The summed E-state index contributed by atoms with van der Waals surface area (Å²) in [5.74, 6) is 0.546. The molecule has 4 rings (SSSR count). The number of hydrogen-bond acceptors (Lipinski definition) is 4. The standard InChI is InChI=1S/C26H27F3N4/c1-33(2)15-7-14-30-25-22-13-12-21(26(27,28)29)17-23(22)31-24(32-25)20-11-6-10-19(16-20)18-8-4-3-5-9-18/h3-6,8-13,16-17,25,30H,7,14-15H2,1-2H3,(H,31,32). The largest absolute Gasteiger partial charge is 0.416 e. The quantitative estimate of drug-likeness (QED) is 0.446. The van der Waals surface area contributed by atoms with Crippen molar-refractivity contribution in [1.82, 2.24) is 10.2 Å². The molecule has 0 aromatic heterocycles. The summed E-state index contributed by atoms with van der Waals surface area (Å²) in [6, 6.07) is 21.6. The number of hydrogen-bond donors (Lipinski definition) is 2. The molecule has 1 unspecified atom stereocenters. The number of rotatable bonds is 7. The van der Waals surface area contributed by atoms with Gasteiger partial charge in [-0.05, 0) is 62.9 Å². The van der Waals surface area contributed by atoms with Crippen LogP contribution in [-0.2, 0) is 6.18 Å². The Morgan fingerprint density at radius 1 is 0.909 bits per heavy atom. The fraction of sp³-hybridized carbons (Fsp3) is 0.269.